The molecule has 0 saturated carbocycles. The van der Waals surface area contributed by atoms with Gasteiger partial charge >= 0.3 is 0 Å². The van der Waals surface area contributed by atoms with E-state index in [0.29, 0.717) is 33.7 Å². The van der Waals surface area contributed by atoms with Crippen molar-refractivity contribution in [1.82, 2.24) is 9.97 Å². The zero-order chi connectivity index (χ0) is 22.7. The summed E-state index contributed by atoms with van der Waals surface area (Å²) in [6.45, 7) is 1.89. The minimum absolute atomic E-state index is 0.175. The summed E-state index contributed by atoms with van der Waals surface area (Å²) in [5.41, 5.74) is 2.96. The molecule has 0 fully saturated rings. The summed E-state index contributed by atoms with van der Waals surface area (Å²) in [4.78, 5) is 9.20. The van der Waals surface area contributed by atoms with Gasteiger partial charge in [0.1, 0.15) is 0 Å². The van der Waals surface area contributed by atoms with Gasteiger partial charge in [0.2, 0.25) is 0 Å². The van der Waals surface area contributed by atoms with Gasteiger partial charge in [-0.3, -0.25) is 4.72 Å². The molecule has 1 N–H and O–H groups in total. The Morgan fingerprint density at radius 2 is 1.53 bits per heavy atom. The van der Waals surface area contributed by atoms with E-state index in [1.807, 2.05) is 25.1 Å². The van der Waals surface area contributed by atoms with Crippen LogP contribution < -0.4 is 4.72 Å². The van der Waals surface area contributed by atoms with Crippen LogP contribution in [-0.2, 0) is 10.0 Å². The summed E-state index contributed by atoms with van der Waals surface area (Å²) in [6, 6.07) is 24.3. The smallest absolute Gasteiger partial charge is 0.261 e. The molecule has 0 radical (unpaired) electrons. The van der Waals surface area contributed by atoms with Crippen molar-refractivity contribution in [3.63, 3.8) is 0 Å². The number of anilines is 1. The van der Waals surface area contributed by atoms with Crippen molar-refractivity contribution in [3.05, 3.63) is 84.1 Å². The third-order valence-corrected chi connectivity index (χ3v) is 6.29. The van der Waals surface area contributed by atoms with Crippen LogP contribution in [0.25, 0.3) is 22.3 Å². The maximum absolute atomic E-state index is 12.6. The van der Waals surface area contributed by atoms with Crippen molar-refractivity contribution in [1.29, 1.82) is 10.5 Å². The molecule has 0 aliphatic rings. The quantitative estimate of drug-likeness (QED) is 0.488. The Kier molecular flexibility index (Phi) is 5.55. The molecule has 0 bridgehead atoms. The molecule has 0 aliphatic heterocycles. The molecule has 0 unspecified atom stereocenters. The molecular weight excluding hydrogens is 422 g/mol. The zero-order valence-corrected chi connectivity index (χ0v) is 17.8. The first-order valence-corrected chi connectivity index (χ1v) is 11.2. The van der Waals surface area contributed by atoms with Gasteiger partial charge in [0, 0.05) is 16.6 Å². The second-order valence-electron chi connectivity index (χ2n) is 7.14. The van der Waals surface area contributed by atoms with Crippen molar-refractivity contribution in [2.75, 3.05) is 4.72 Å². The number of aryl methyl sites for hydroxylation is 1. The minimum atomic E-state index is -3.71. The van der Waals surface area contributed by atoms with Gasteiger partial charge in [0.15, 0.2) is 11.7 Å². The van der Waals surface area contributed by atoms with Gasteiger partial charge in [-0.05, 0) is 49.4 Å². The van der Waals surface area contributed by atoms with Gasteiger partial charge in [-0.15, -0.1) is 0 Å². The van der Waals surface area contributed by atoms with E-state index in [-0.39, 0.29) is 4.90 Å². The Morgan fingerprint density at radius 1 is 0.875 bits per heavy atom. The summed E-state index contributed by atoms with van der Waals surface area (Å²) in [7, 11) is -3.71. The third kappa shape index (κ3) is 4.13. The minimum Gasteiger partial charge on any atom is -0.280 e. The van der Waals surface area contributed by atoms with E-state index in [0.717, 1.165) is 5.56 Å². The summed E-state index contributed by atoms with van der Waals surface area (Å²) >= 11 is 0. The highest BCUT2D eigenvalue weighted by Crippen LogP contribution is 2.27. The monoisotopic (exact) mass is 439 g/mol. The van der Waals surface area contributed by atoms with Crippen LogP contribution in [0.1, 0.15) is 17.2 Å². The van der Waals surface area contributed by atoms with E-state index in [1.54, 1.807) is 66.7 Å². The lowest BCUT2D eigenvalue weighted by Crippen LogP contribution is -2.12. The van der Waals surface area contributed by atoms with Crippen LogP contribution in [0.5, 0.6) is 0 Å². The van der Waals surface area contributed by atoms with Gasteiger partial charge in [-0.2, -0.15) is 10.5 Å². The summed E-state index contributed by atoms with van der Waals surface area (Å²) in [5.74, 6) is -0.676. The second-order valence-corrected chi connectivity index (χ2v) is 8.82. The predicted molar refractivity (Wildman–Crippen MR) is 121 cm³/mol. The molecule has 156 valence electrons. The number of hydrogen-bond acceptors (Lipinski definition) is 6. The highest BCUT2D eigenvalue weighted by molar-refractivity contribution is 7.92. The van der Waals surface area contributed by atoms with E-state index in [9.17, 15) is 18.9 Å². The first kappa shape index (κ1) is 21.0. The topological polar surface area (TPSA) is 120 Å². The number of rotatable bonds is 5. The number of fused-ring (bicyclic) bond motifs is 1. The van der Waals surface area contributed by atoms with Crippen LogP contribution in [0, 0.1) is 29.6 Å². The van der Waals surface area contributed by atoms with Gasteiger partial charge in [-0.25, -0.2) is 18.4 Å². The van der Waals surface area contributed by atoms with Gasteiger partial charge in [0.05, 0.1) is 28.2 Å². The van der Waals surface area contributed by atoms with Crippen LogP contribution in [0.4, 0.5) is 5.69 Å². The highest BCUT2D eigenvalue weighted by Gasteiger charge is 2.18. The average Bonchev–Trinajstić information content (AvgIpc) is 2.80. The molecule has 0 spiro atoms. The van der Waals surface area contributed by atoms with Crippen molar-refractivity contribution in [3.8, 4) is 23.5 Å². The normalized spacial score (nSPS) is 11.1. The fourth-order valence-corrected chi connectivity index (χ4v) is 4.28. The van der Waals surface area contributed by atoms with Crippen LogP contribution in [0.15, 0.2) is 77.7 Å². The van der Waals surface area contributed by atoms with Crippen LogP contribution in [0.2, 0.25) is 0 Å². The maximum atomic E-state index is 12.6. The van der Waals surface area contributed by atoms with E-state index < -0.39 is 15.9 Å². The number of hydrogen-bond donors (Lipinski definition) is 1. The lowest BCUT2D eigenvalue weighted by molar-refractivity contribution is 0.601. The maximum Gasteiger partial charge on any atom is 0.261 e. The first-order valence-electron chi connectivity index (χ1n) is 9.67. The molecule has 1 aromatic heterocycles. The molecule has 3 aromatic carbocycles. The molecule has 4 aromatic rings. The molecule has 0 aliphatic carbocycles. The summed E-state index contributed by atoms with van der Waals surface area (Å²) < 4.78 is 27.8. The van der Waals surface area contributed by atoms with Crippen LogP contribution in [-0.4, -0.2) is 18.4 Å². The standard InChI is InChI=1S/C24H17N5O2S/c1-16-6-12-20(13-7-16)32(30,31)29-19-10-8-17(9-11-19)24-27-22-5-3-2-4-21(22)23(28-24)18(14-25)15-26/h2-13,18,29H,1H3. The third-order valence-electron chi connectivity index (χ3n) is 4.89. The zero-order valence-electron chi connectivity index (χ0n) is 17.0. The van der Waals surface area contributed by atoms with Crippen LogP contribution >= 0.6 is 0 Å². The number of nitrogens with one attached hydrogen (secondary N) is 1. The Morgan fingerprint density at radius 3 is 2.19 bits per heavy atom. The largest absolute Gasteiger partial charge is 0.280 e. The van der Waals surface area contributed by atoms with E-state index in [1.165, 1.54) is 0 Å². The molecule has 0 amide bonds. The van der Waals surface area contributed by atoms with Crippen molar-refractivity contribution < 1.29 is 8.42 Å². The van der Waals surface area contributed by atoms with Crippen molar-refractivity contribution >= 4 is 26.6 Å². The molecule has 0 atom stereocenters. The highest BCUT2D eigenvalue weighted by atomic mass is 32.2. The SMILES string of the molecule is Cc1ccc(S(=O)(=O)Nc2ccc(-c3nc(C(C#N)C#N)c4ccccc4n3)cc2)cc1. The van der Waals surface area contributed by atoms with Crippen molar-refractivity contribution in [2.24, 2.45) is 0 Å². The van der Waals surface area contributed by atoms with Gasteiger partial charge < -0.3 is 0 Å². The Bertz CT molecular complexity index is 1470. The number of benzene rings is 3. The lowest BCUT2D eigenvalue weighted by Gasteiger charge is -2.11. The Balaban J connectivity index is 1.68. The molecule has 4 rings (SSSR count). The molecule has 32 heavy (non-hydrogen) atoms. The molecule has 0 saturated heterocycles. The summed E-state index contributed by atoms with van der Waals surface area (Å²) in [6.07, 6.45) is 0. The Hall–Kier alpha value is -4.27. The van der Waals surface area contributed by atoms with E-state index >= 15 is 0 Å². The number of sulfonamides is 1. The molecule has 1 heterocycles. The first-order chi connectivity index (χ1) is 15.4. The average molecular weight is 440 g/mol. The number of nitrogens with zero attached hydrogens (tertiary/aromatic N) is 4. The number of para-hydroxylation sites is 1. The fraction of sp³-hybridized carbons (Fsp3) is 0.0833. The fourth-order valence-electron chi connectivity index (χ4n) is 3.22. The second kappa shape index (κ2) is 8.46. The van der Waals surface area contributed by atoms with Gasteiger partial charge in [0.25, 0.3) is 10.0 Å². The lowest BCUT2D eigenvalue weighted by atomic mass is 10.0. The number of aromatic nitrogens is 2. The number of nitriles is 2. The molecule has 8 heteroatoms. The molecule has 7 nitrogen and oxygen atoms in total. The van der Waals surface area contributed by atoms with E-state index in [2.05, 4.69) is 14.7 Å². The molecular formula is C24H17N5O2S. The van der Waals surface area contributed by atoms with Gasteiger partial charge in [-0.1, -0.05) is 35.9 Å². The predicted octanol–water partition coefficient (Wildman–Crippen LogP) is 4.54. The summed E-state index contributed by atoms with van der Waals surface area (Å²) in [5, 5.41) is 19.4. The van der Waals surface area contributed by atoms with Crippen LogP contribution in [0.3, 0.4) is 0 Å². The Labute approximate surface area is 185 Å². The van der Waals surface area contributed by atoms with Crippen molar-refractivity contribution in [2.45, 2.75) is 17.7 Å². The van der Waals surface area contributed by atoms with E-state index in [4.69, 9.17) is 0 Å².